The van der Waals surface area contributed by atoms with Crippen LogP contribution in [0, 0.1) is 24.0 Å². The highest BCUT2D eigenvalue weighted by molar-refractivity contribution is 7.91. The first-order valence-corrected chi connectivity index (χ1v) is 14.6. The molecule has 0 N–H and O–H groups in total. The molecule has 10 nitrogen and oxygen atoms in total. The number of sulfone groups is 2. The second kappa shape index (κ2) is 9.58. The Morgan fingerprint density at radius 3 is 1.71 bits per heavy atom. The summed E-state index contributed by atoms with van der Waals surface area (Å²) >= 11 is 0. The molecule has 2 bridgehead atoms. The van der Waals surface area contributed by atoms with Gasteiger partial charge in [0.25, 0.3) is 5.54 Å². The number of nitrogens with zero attached hydrogens (tertiary/aromatic N) is 4. The first kappa shape index (κ1) is 25.7. The van der Waals surface area contributed by atoms with E-state index < -0.39 is 25.2 Å². The molecule has 2 aromatic carbocycles. The zero-order chi connectivity index (χ0) is 25.4. The summed E-state index contributed by atoms with van der Waals surface area (Å²) in [5.41, 5.74) is 0.376. The second-order valence-electron chi connectivity index (χ2n) is 9.67. The van der Waals surface area contributed by atoms with E-state index in [0.29, 0.717) is 13.1 Å². The molecule has 2 aliphatic rings. The third kappa shape index (κ3) is 5.72. The SMILES string of the molecule is Cc1ccc(S(=O)(=O)CN2CCN3CN(CS(=O)(=O)c4ccc(C)cc4)C[C@@]([N+](=O)[O-])(C3)C2)cc1. The molecule has 35 heavy (non-hydrogen) atoms. The summed E-state index contributed by atoms with van der Waals surface area (Å²) in [6, 6.07) is 13.1. The number of benzene rings is 2. The van der Waals surface area contributed by atoms with Gasteiger partial charge in [-0.3, -0.25) is 24.8 Å². The van der Waals surface area contributed by atoms with Crippen molar-refractivity contribution in [1.29, 1.82) is 0 Å². The van der Waals surface area contributed by atoms with Gasteiger partial charge in [0, 0.05) is 18.0 Å². The van der Waals surface area contributed by atoms with Crippen LogP contribution in [0.3, 0.4) is 0 Å². The molecule has 0 spiro atoms. The first-order chi connectivity index (χ1) is 16.4. The van der Waals surface area contributed by atoms with E-state index in [2.05, 4.69) is 0 Å². The van der Waals surface area contributed by atoms with Crippen LogP contribution in [0.1, 0.15) is 11.1 Å². The lowest BCUT2D eigenvalue weighted by Gasteiger charge is -2.40. The van der Waals surface area contributed by atoms with Crippen LogP contribution < -0.4 is 0 Å². The normalized spacial score (nSPS) is 24.1. The third-order valence-electron chi connectivity index (χ3n) is 6.54. The molecule has 0 aromatic heterocycles. The van der Waals surface area contributed by atoms with Gasteiger partial charge < -0.3 is 0 Å². The summed E-state index contributed by atoms with van der Waals surface area (Å²) in [6.07, 6.45) is 0. The van der Waals surface area contributed by atoms with Crippen molar-refractivity contribution in [3.05, 3.63) is 69.8 Å². The van der Waals surface area contributed by atoms with Gasteiger partial charge in [0.1, 0.15) is 11.8 Å². The molecular formula is C23H30N4O6S2. The van der Waals surface area contributed by atoms with Crippen LogP contribution in [0.25, 0.3) is 0 Å². The van der Waals surface area contributed by atoms with E-state index in [0.717, 1.165) is 11.1 Å². The van der Waals surface area contributed by atoms with E-state index in [1.54, 1.807) is 58.3 Å². The average Bonchev–Trinajstić information content (AvgIpc) is 2.89. The maximum atomic E-state index is 13.0. The van der Waals surface area contributed by atoms with Gasteiger partial charge in [-0.15, -0.1) is 0 Å². The van der Waals surface area contributed by atoms with Gasteiger partial charge in [-0.1, -0.05) is 35.4 Å². The zero-order valence-corrected chi connectivity index (χ0v) is 21.5. The molecule has 4 rings (SSSR count). The van der Waals surface area contributed by atoms with Crippen molar-refractivity contribution in [3.63, 3.8) is 0 Å². The standard InChI is InChI=1S/C23H30N4O6S2/c1-19-3-7-21(8-4-19)34(30,31)17-25-12-11-24-13-23(14-25,27(28)29)15-26(16-24)18-35(32,33)22-9-5-20(2)6-10-22/h3-10H,11-18H2,1-2H3/t23-/m1/s1. The van der Waals surface area contributed by atoms with Crippen LogP contribution in [-0.2, 0) is 19.7 Å². The predicted molar refractivity (Wildman–Crippen MR) is 131 cm³/mol. The van der Waals surface area contributed by atoms with Crippen LogP contribution >= 0.6 is 0 Å². The highest BCUT2D eigenvalue weighted by Gasteiger charge is 2.52. The lowest BCUT2D eigenvalue weighted by molar-refractivity contribution is -0.574. The van der Waals surface area contributed by atoms with Gasteiger partial charge in [0.05, 0.1) is 36.1 Å². The van der Waals surface area contributed by atoms with Crippen LogP contribution in [-0.4, -0.2) is 93.1 Å². The molecule has 2 aromatic rings. The smallest absolute Gasteiger partial charge is 0.259 e. The number of aryl methyl sites for hydroxylation is 2. The van der Waals surface area contributed by atoms with Gasteiger partial charge in [-0.25, -0.2) is 16.8 Å². The van der Waals surface area contributed by atoms with Crippen molar-refractivity contribution in [2.75, 3.05) is 51.1 Å². The van der Waals surface area contributed by atoms with Gasteiger partial charge in [0.15, 0.2) is 19.7 Å². The lowest BCUT2D eigenvalue weighted by Crippen LogP contribution is -2.65. The molecule has 190 valence electrons. The van der Waals surface area contributed by atoms with E-state index in [1.807, 2.05) is 18.7 Å². The Labute approximate surface area is 206 Å². The quantitative estimate of drug-likeness (QED) is 0.392. The molecule has 0 saturated carbocycles. The highest BCUT2D eigenvalue weighted by Crippen LogP contribution is 2.27. The van der Waals surface area contributed by atoms with Crippen LogP contribution in [0.5, 0.6) is 0 Å². The fourth-order valence-corrected chi connectivity index (χ4v) is 7.54. The Hall–Kier alpha value is -2.38. The minimum Gasteiger partial charge on any atom is -0.282 e. The molecule has 2 aliphatic heterocycles. The largest absolute Gasteiger partial charge is 0.282 e. The number of nitro groups is 1. The summed E-state index contributed by atoms with van der Waals surface area (Å²) in [7, 11) is -7.37. The summed E-state index contributed by atoms with van der Waals surface area (Å²) in [5.74, 6) is -0.676. The van der Waals surface area contributed by atoms with Crippen molar-refractivity contribution in [1.82, 2.24) is 14.7 Å². The van der Waals surface area contributed by atoms with Gasteiger partial charge in [-0.05, 0) is 38.1 Å². The Morgan fingerprint density at radius 2 is 1.23 bits per heavy atom. The Morgan fingerprint density at radius 1 is 0.771 bits per heavy atom. The number of hydrogen-bond donors (Lipinski definition) is 0. The van der Waals surface area contributed by atoms with Crippen LogP contribution in [0.15, 0.2) is 58.3 Å². The zero-order valence-electron chi connectivity index (χ0n) is 19.8. The minimum atomic E-state index is -3.69. The molecule has 0 radical (unpaired) electrons. The Balaban J connectivity index is 1.54. The fraction of sp³-hybridized carbons (Fsp3) is 0.478. The van der Waals surface area contributed by atoms with Gasteiger partial charge in [-0.2, -0.15) is 0 Å². The van der Waals surface area contributed by atoms with E-state index in [9.17, 15) is 26.9 Å². The average molecular weight is 523 g/mol. The van der Waals surface area contributed by atoms with Crippen molar-refractivity contribution in [2.24, 2.45) is 0 Å². The molecule has 2 fully saturated rings. The van der Waals surface area contributed by atoms with Gasteiger partial charge in [0.2, 0.25) is 0 Å². The summed E-state index contributed by atoms with van der Waals surface area (Å²) in [4.78, 5) is 17.3. The van der Waals surface area contributed by atoms with E-state index >= 15 is 0 Å². The monoisotopic (exact) mass is 522 g/mol. The van der Waals surface area contributed by atoms with Crippen LogP contribution in [0.2, 0.25) is 0 Å². The van der Waals surface area contributed by atoms with Crippen molar-refractivity contribution in [3.8, 4) is 0 Å². The van der Waals surface area contributed by atoms with Crippen molar-refractivity contribution >= 4 is 19.7 Å². The molecular weight excluding hydrogens is 492 g/mol. The maximum Gasteiger partial charge on any atom is 0.259 e. The number of hydrogen-bond acceptors (Lipinski definition) is 9. The van der Waals surface area contributed by atoms with Crippen molar-refractivity contribution < 1.29 is 21.8 Å². The summed E-state index contributed by atoms with van der Waals surface area (Å²) < 4.78 is 52.0. The third-order valence-corrected chi connectivity index (χ3v) is 9.93. The van der Waals surface area contributed by atoms with Crippen molar-refractivity contribution in [2.45, 2.75) is 29.2 Å². The molecule has 2 heterocycles. The molecule has 0 amide bonds. The molecule has 2 saturated heterocycles. The first-order valence-electron chi connectivity index (χ1n) is 11.3. The van der Waals surface area contributed by atoms with Crippen LogP contribution in [0.4, 0.5) is 0 Å². The van der Waals surface area contributed by atoms with Gasteiger partial charge >= 0.3 is 0 Å². The van der Waals surface area contributed by atoms with E-state index in [1.165, 1.54) is 0 Å². The Bertz CT molecular complexity index is 1220. The molecule has 1 unspecified atom stereocenters. The molecule has 2 atom stereocenters. The molecule has 12 heteroatoms. The topological polar surface area (TPSA) is 121 Å². The van der Waals surface area contributed by atoms with E-state index in [4.69, 9.17) is 0 Å². The Kier molecular flexibility index (Phi) is 7.04. The predicted octanol–water partition coefficient (Wildman–Crippen LogP) is 1.37. The second-order valence-corrected chi connectivity index (χ2v) is 13.6. The lowest BCUT2D eigenvalue weighted by atomic mass is 9.97. The minimum absolute atomic E-state index is 0.0807. The molecule has 0 aliphatic carbocycles. The highest BCUT2D eigenvalue weighted by atomic mass is 32.2. The number of fused-ring (bicyclic) bond motifs is 2. The summed E-state index contributed by atoms with van der Waals surface area (Å²) in [5, 5.41) is 12.3. The van der Waals surface area contributed by atoms with E-state index in [-0.39, 0.29) is 52.8 Å². The fourth-order valence-electron chi connectivity index (χ4n) is 4.78. The maximum absolute atomic E-state index is 13.0. The summed E-state index contributed by atoms with van der Waals surface area (Å²) in [6.45, 7) is 4.71. The number of rotatable bonds is 7.